The SMILES string of the molecule is CCCn1c(-c2cc3ccccc3s2)c(C(=O)C(N)=O)c2ccccc21. The molecule has 0 aliphatic rings. The quantitative estimate of drug-likeness (QED) is 0.416. The van der Waals surface area contributed by atoms with E-state index in [2.05, 4.69) is 29.7 Å². The summed E-state index contributed by atoms with van der Waals surface area (Å²) >= 11 is 1.62. The lowest BCUT2D eigenvalue weighted by molar-refractivity contribution is -0.114. The summed E-state index contributed by atoms with van der Waals surface area (Å²) in [6, 6.07) is 17.9. The number of benzene rings is 2. The van der Waals surface area contributed by atoms with Crippen molar-refractivity contribution < 1.29 is 9.59 Å². The fourth-order valence-corrected chi connectivity index (χ4v) is 4.59. The molecule has 4 aromatic rings. The van der Waals surface area contributed by atoms with Crippen molar-refractivity contribution in [1.82, 2.24) is 4.57 Å². The summed E-state index contributed by atoms with van der Waals surface area (Å²) in [6.07, 6.45) is 0.917. The van der Waals surface area contributed by atoms with Gasteiger partial charge in [-0.05, 0) is 30.0 Å². The number of para-hydroxylation sites is 1. The minimum Gasteiger partial charge on any atom is -0.363 e. The second kappa shape index (κ2) is 6.42. The fourth-order valence-electron chi connectivity index (χ4n) is 3.47. The zero-order chi connectivity index (χ0) is 18.3. The van der Waals surface area contributed by atoms with Gasteiger partial charge in [0.15, 0.2) is 0 Å². The number of aromatic nitrogens is 1. The molecule has 0 spiro atoms. The van der Waals surface area contributed by atoms with Gasteiger partial charge in [-0.2, -0.15) is 0 Å². The van der Waals surface area contributed by atoms with Gasteiger partial charge in [-0.25, -0.2) is 0 Å². The number of fused-ring (bicyclic) bond motifs is 2. The number of carbonyl (C=O) groups excluding carboxylic acids is 2. The molecular formula is C21H18N2O2S. The highest BCUT2D eigenvalue weighted by atomic mass is 32.1. The number of nitrogens with two attached hydrogens (primary N) is 1. The monoisotopic (exact) mass is 362 g/mol. The minimum atomic E-state index is -0.924. The number of amides is 1. The van der Waals surface area contributed by atoms with E-state index in [4.69, 9.17) is 5.73 Å². The first kappa shape index (κ1) is 16.5. The van der Waals surface area contributed by atoms with Gasteiger partial charge in [0, 0.05) is 22.1 Å². The van der Waals surface area contributed by atoms with Crippen LogP contribution in [0.5, 0.6) is 0 Å². The van der Waals surface area contributed by atoms with Crippen molar-refractivity contribution in [2.24, 2.45) is 5.73 Å². The molecule has 4 nitrogen and oxygen atoms in total. The number of hydrogen-bond acceptors (Lipinski definition) is 3. The van der Waals surface area contributed by atoms with Crippen LogP contribution in [0.3, 0.4) is 0 Å². The number of Topliss-reactive ketones (excluding diaryl/α,β-unsaturated/α-hetero) is 1. The first-order valence-corrected chi connectivity index (χ1v) is 9.37. The van der Waals surface area contributed by atoms with E-state index in [1.54, 1.807) is 11.3 Å². The minimum absolute atomic E-state index is 0.410. The van der Waals surface area contributed by atoms with E-state index in [9.17, 15) is 9.59 Å². The third-order valence-electron chi connectivity index (χ3n) is 4.53. The lowest BCUT2D eigenvalue weighted by Crippen LogP contribution is -2.23. The van der Waals surface area contributed by atoms with Crippen molar-refractivity contribution in [3.63, 3.8) is 0 Å². The Kier molecular flexibility index (Phi) is 4.09. The molecule has 2 aromatic carbocycles. The number of aryl methyl sites for hydroxylation is 1. The van der Waals surface area contributed by atoms with Crippen LogP contribution in [0.4, 0.5) is 0 Å². The molecule has 26 heavy (non-hydrogen) atoms. The molecule has 5 heteroatoms. The van der Waals surface area contributed by atoms with Crippen LogP contribution in [0, 0.1) is 0 Å². The average molecular weight is 362 g/mol. The van der Waals surface area contributed by atoms with E-state index in [0.29, 0.717) is 5.56 Å². The molecule has 130 valence electrons. The lowest BCUT2D eigenvalue weighted by atomic mass is 10.0. The second-order valence-corrected chi connectivity index (χ2v) is 7.32. The highest BCUT2D eigenvalue weighted by Crippen LogP contribution is 2.40. The lowest BCUT2D eigenvalue weighted by Gasteiger charge is -2.09. The molecular weight excluding hydrogens is 344 g/mol. The third kappa shape index (κ3) is 2.52. The summed E-state index contributed by atoms with van der Waals surface area (Å²) in [4.78, 5) is 25.4. The van der Waals surface area contributed by atoms with Gasteiger partial charge in [0.1, 0.15) is 0 Å². The van der Waals surface area contributed by atoms with E-state index in [1.807, 2.05) is 36.4 Å². The van der Waals surface area contributed by atoms with E-state index >= 15 is 0 Å². The Hall–Kier alpha value is -2.92. The molecule has 0 aliphatic carbocycles. The van der Waals surface area contributed by atoms with Crippen molar-refractivity contribution in [2.75, 3.05) is 0 Å². The van der Waals surface area contributed by atoms with Gasteiger partial charge in [-0.3, -0.25) is 9.59 Å². The molecule has 1 amide bonds. The smallest absolute Gasteiger partial charge is 0.289 e. The molecule has 0 atom stereocenters. The summed E-state index contributed by atoms with van der Waals surface area (Å²) in [5.41, 5.74) is 7.52. The van der Waals surface area contributed by atoms with E-state index in [-0.39, 0.29) is 0 Å². The topological polar surface area (TPSA) is 65.1 Å². The number of primary amides is 1. The van der Waals surface area contributed by atoms with Crippen LogP contribution in [0.15, 0.2) is 54.6 Å². The third-order valence-corrected chi connectivity index (χ3v) is 5.65. The predicted octanol–water partition coefficient (Wildman–Crippen LogP) is 4.60. The predicted molar refractivity (Wildman–Crippen MR) is 107 cm³/mol. The Bertz CT molecular complexity index is 1120. The summed E-state index contributed by atoms with van der Waals surface area (Å²) in [5, 5.41) is 1.90. The first-order chi connectivity index (χ1) is 12.6. The molecule has 0 saturated heterocycles. The Balaban J connectivity index is 2.11. The number of carbonyl (C=O) groups is 2. The van der Waals surface area contributed by atoms with Crippen LogP contribution < -0.4 is 5.73 Å². The zero-order valence-corrected chi connectivity index (χ0v) is 15.2. The van der Waals surface area contributed by atoms with Gasteiger partial charge in [0.05, 0.1) is 16.1 Å². The Labute approximate surface area is 154 Å². The van der Waals surface area contributed by atoms with Crippen molar-refractivity contribution >= 4 is 44.0 Å². The molecule has 0 fully saturated rings. The Morgan fingerprint density at radius 1 is 1.08 bits per heavy atom. The van der Waals surface area contributed by atoms with Crippen LogP contribution in [-0.2, 0) is 11.3 Å². The molecule has 0 radical (unpaired) electrons. The van der Waals surface area contributed by atoms with E-state index < -0.39 is 11.7 Å². The maximum atomic E-state index is 12.7. The summed E-state index contributed by atoms with van der Waals surface area (Å²) in [6.45, 7) is 2.86. The molecule has 0 unspecified atom stereocenters. The molecule has 2 aromatic heterocycles. The van der Waals surface area contributed by atoms with Crippen molar-refractivity contribution in [3.8, 4) is 10.6 Å². The van der Waals surface area contributed by atoms with Gasteiger partial charge in [-0.15, -0.1) is 11.3 Å². The van der Waals surface area contributed by atoms with Crippen LogP contribution in [0.2, 0.25) is 0 Å². The average Bonchev–Trinajstić information content (AvgIpc) is 3.20. The number of nitrogens with zero attached hydrogens (tertiary/aromatic N) is 1. The maximum absolute atomic E-state index is 12.7. The van der Waals surface area contributed by atoms with Crippen molar-refractivity contribution in [2.45, 2.75) is 19.9 Å². The van der Waals surface area contributed by atoms with Gasteiger partial charge < -0.3 is 10.3 Å². The van der Waals surface area contributed by atoms with Crippen LogP contribution in [0.1, 0.15) is 23.7 Å². The van der Waals surface area contributed by atoms with Crippen LogP contribution in [-0.4, -0.2) is 16.3 Å². The number of ketones is 1. The van der Waals surface area contributed by atoms with E-state index in [0.717, 1.165) is 44.5 Å². The van der Waals surface area contributed by atoms with Gasteiger partial charge in [0.25, 0.3) is 11.7 Å². The molecule has 0 aliphatic heterocycles. The summed E-state index contributed by atoms with van der Waals surface area (Å²) in [7, 11) is 0. The van der Waals surface area contributed by atoms with Gasteiger partial charge >= 0.3 is 0 Å². The molecule has 4 rings (SSSR count). The van der Waals surface area contributed by atoms with Crippen molar-refractivity contribution in [3.05, 3.63) is 60.2 Å². The Morgan fingerprint density at radius 3 is 2.54 bits per heavy atom. The van der Waals surface area contributed by atoms with Gasteiger partial charge in [0.2, 0.25) is 0 Å². The summed E-state index contributed by atoms with van der Waals surface area (Å²) in [5.74, 6) is -1.56. The Morgan fingerprint density at radius 2 is 1.81 bits per heavy atom. The highest BCUT2D eigenvalue weighted by Gasteiger charge is 2.27. The number of rotatable bonds is 5. The second-order valence-electron chi connectivity index (χ2n) is 6.23. The van der Waals surface area contributed by atoms with Crippen LogP contribution in [0.25, 0.3) is 31.6 Å². The molecule has 2 heterocycles. The zero-order valence-electron chi connectivity index (χ0n) is 14.4. The number of hydrogen-bond donors (Lipinski definition) is 1. The van der Waals surface area contributed by atoms with Gasteiger partial charge in [-0.1, -0.05) is 43.3 Å². The molecule has 2 N–H and O–H groups in total. The first-order valence-electron chi connectivity index (χ1n) is 8.56. The normalized spacial score (nSPS) is 11.3. The molecule has 0 saturated carbocycles. The molecule has 0 bridgehead atoms. The largest absolute Gasteiger partial charge is 0.363 e. The summed E-state index contributed by atoms with van der Waals surface area (Å²) < 4.78 is 3.28. The fraction of sp³-hybridized carbons (Fsp3) is 0.143. The highest BCUT2D eigenvalue weighted by molar-refractivity contribution is 7.22. The maximum Gasteiger partial charge on any atom is 0.289 e. The standard InChI is InChI=1S/C21H18N2O2S/c1-2-11-23-15-9-5-4-8-14(15)18(20(24)21(22)25)19(23)17-12-13-7-3-6-10-16(13)26-17/h3-10,12H,2,11H2,1H3,(H2,22,25). The van der Waals surface area contributed by atoms with Crippen LogP contribution >= 0.6 is 11.3 Å². The van der Waals surface area contributed by atoms with E-state index in [1.165, 1.54) is 0 Å². The number of thiophene rings is 1. The van der Waals surface area contributed by atoms with Crippen molar-refractivity contribution in [1.29, 1.82) is 0 Å².